The molecule has 158 valence electrons. The fraction of sp³-hybridized carbons (Fsp3) is 0.150. The molecule has 2 N–H and O–H groups in total. The van der Waals surface area contributed by atoms with Crippen LogP contribution in [-0.2, 0) is 4.79 Å². The van der Waals surface area contributed by atoms with Crippen LogP contribution in [0.25, 0.3) is 0 Å². The molecule has 31 heavy (non-hydrogen) atoms. The minimum Gasteiger partial charge on any atom is -0.328 e. The first-order chi connectivity index (χ1) is 14.9. The Kier molecular flexibility index (Phi) is 5.66. The number of carbonyl (C=O) groups is 1. The molecule has 1 amide bonds. The summed E-state index contributed by atoms with van der Waals surface area (Å²) in [5.41, 5.74) is 2.01. The van der Waals surface area contributed by atoms with Crippen molar-refractivity contribution in [2.45, 2.75) is 18.1 Å². The van der Waals surface area contributed by atoms with Gasteiger partial charge in [-0.1, -0.05) is 35.5 Å². The number of anilines is 2. The molecule has 11 heteroatoms. The van der Waals surface area contributed by atoms with E-state index in [1.165, 1.54) is 23.9 Å². The van der Waals surface area contributed by atoms with Crippen LogP contribution in [0.5, 0.6) is 0 Å². The Bertz CT molecular complexity index is 1210. The third kappa shape index (κ3) is 4.12. The van der Waals surface area contributed by atoms with Crippen molar-refractivity contribution in [2.75, 3.05) is 16.9 Å². The monoisotopic (exact) mass is 456 g/mol. The number of thioether (sulfide) groups is 1. The highest BCUT2D eigenvalue weighted by molar-refractivity contribution is 7.98. The van der Waals surface area contributed by atoms with Crippen LogP contribution in [0.2, 0.25) is 5.02 Å². The molecular formula is C20H17ClN6O3S. The van der Waals surface area contributed by atoms with Crippen LogP contribution < -0.4 is 10.6 Å². The maximum Gasteiger partial charge on any atom is 0.269 e. The summed E-state index contributed by atoms with van der Waals surface area (Å²) in [5.74, 6) is 0.0945. The SMILES string of the molecule is CSc1nc2n(n1)[C@H](c1cccc([N+](=O)[O-])c1)C(C(=O)Nc1ccc(Cl)cc1)=C(C)N2. The van der Waals surface area contributed by atoms with Crippen LogP contribution in [0.4, 0.5) is 17.3 Å². The first kappa shape index (κ1) is 20.9. The van der Waals surface area contributed by atoms with Gasteiger partial charge in [-0.25, -0.2) is 4.68 Å². The van der Waals surface area contributed by atoms with E-state index in [4.69, 9.17) is 11.6 Å². The zero-order valence-electron chi connectivity index (χ0n) is 16.5. The van der Waals surface area contributed by atoms with Gasteiger partial charge in [0.1, 0.15) is 6.04 Å². The highest BCUT2D eigenvalue weighted by Gasteiger charge is 2.35. The van der Waals surface area contributed by atoms with E-state index in [-0.39, 0.29) is 11.6 Å². The summed E-state index contributed by atoms with van der Waals surface area (Å²) in [6, 6.07) is 12.2. The number of amides is 1. The normalized spacial score (nSPS) is 15.3. The number of hydrogen-bond acceptors (Lipinski definition) is 7. The van der Waals surface area contributed by atoms with Gasteiger partial charge in [0.05, 0.1) is 10.5 Å². The van der Waals surface area contributed by atoms with Crippen LogP contribution in [0.1, 0.15) is 18.5 Å². The van der Waals surface area contributed by atoms with E-state index in [1.807, 2.05) is 6.26 Å². The second-order valence-corrected chi connectivity index (χ2v) is 7.96. The summed E-state index contributed by atoms with van der Waals surface area (Å²) in [5, 5.41) is 22.9. The fourth-order valence-corrected chi connectivity index (χ4v) is 3.83. The van der Waals surface area contributed by atoms with Crippen molar-refractivity contribution in [1.29, 1.82) is 0 Å². The molecule has 0 radical (unpaired) electrons. The van der Waals surface area contributed by atoms with Crippen LogP contribution in [0, 0.1) is 10.1 Å². The Morgan fingerprint density at radius 3 is 2.71 bits per heavy atom. The predicted octanol–water partition coefficient (Wildman–Crippen LogP) is 4.49. The number of nitro groups is 1. The van der Waals surface area contributed by atoms with Gasteiger partial charge in [0.15, 0.2) is 0 Å². The molecule has 0 saturated carbocycles. The highest BCUT2D eigenvalue weighted by Crippen LogP contribution is 2.37. The van der Waals surface area contributed by atoms with Gasteiger partial charge in [-0.05, 0) is 43.0 Å². The number of nitrogens with zero attached hydrogens (tertiary/aromatic N) is 4. The van der Waals surface area contributed by atoms with E-state index in [1.54, 1.807) is 48.0 Å². The Labute approximate surface area is 186 Å². The summed E-state index contributed by atoms with van der Waals surface area (Å²) in [7, 11) is 0. The lowest BCUT2D eigenvalue weighted by Gasteiger charge is -2.28. The molecular weight excluding hydrogens is 440 g/mol. The quantitative estimate of drug-likeness (QED) is 0.330. The average Bonchev–Trinajstić information content (AvgIpc) is 3.17. The van der Waals surface area contributed by atoms with Crippen molar-refractivity contribution in [2.24, 2.45) is 0 Å². The van der Waals surface area contributed by atoms with E-state index in [9.17, 15) is 14.9 Å². The molecule has 0 bridgehead atoms. The molecule has 0 saturated heterocycles. The van der Waals surface area contributed by atoms with E-state index in [0.29, 0.717) is 38.6 Å². The molecule has 0 fully saturated rings. The number of allylic oxidation sites excluding steroid dienone is 1. The molecule has 2 aromatic carbocycles. The van der Waals surface area contributed by atoms with Gasteiger partial charge in [0.2, 0.25) is 11.1 Å². The van der Waals surface area contributed by atoms with Crippen LogP contribution in [-0.4, -0.2) is 31.9 Å². The third-order valence-corrected chi connectivity index (χ3v) is 5.55. The van der Waals surface area contributed by atoms with Crippen molar-refractivity contribution >= 4 is 46.6 Å². The summed E-state index contributed by atoms with van der Waals surface area (Å²) in [6.45, 7) is 1.76. The third-order valence-electron chi connectivity index (χ3n) is 4.76. The number of carbonyl (C=O) groups excluding carboxylic acids is 1. The number of non-ortho nitro benzene ring substituents is 1. The lowest BCUT2D eigenvalue weighted by atomic mass is 9.94. The first-order valence-electron chi connectivity index (χ1n) is 9.17. The predicted molar refractivity (Wildman–Crippen MR) is 119 cm³/mol. The Morgan fingerprint density at radius 1 is 1.29 bits per heavy atom. The second kappa shape index (κ2) is 8.40. The molecule has 1 aromatic heterocycles. The molecule has 3 aromatic rings. The van der Waals surface area contributed by atoms with Gasteiger partial charge < -0.3 is 10.6 Å². The maximum absolute atomic E-state index is 13.3. The molecule has 2 heterocycles. The average molecular weight is 457 g/mol. The number of rotatable bonds is 5. The summed E-state index contributed by atoms with van der Waals surface area (Å²) >= 11 is 7.29. The summed E-state index contributed by atoms with van der Waals surface area (Å²) in [6.07, 6.45) is 1.85. The lowest BCUT2D eigenvalue weighted by molar-refractivity contribution is -0.384. The van der Waals surface area contributed by atoms with E-state index < -0.39 is 11.0 Å². The van der Waals surface area contributed by atoms with E-state index in [2.05, 4.69) is 20.7 Å². The topological polar surface area (TPSA) is 115 Å². The van der Waals surface area contributed by atoms with E-state index >= 15 is 0 Å². The number of aromatic nitrogens is 3. The minimum atomic E-state index is -0.697. The molecule has 0 aliphatic carbocycles. The smallest absolute Gasteiger partial charge is 0.269 e. The van der Waals surface area contributed by atoms with Gasteiger partial charge >= 0.3 is 0 Å². The molecule has 4 rings (SSSR count). The van der Waals surface area contributed by atoms with Gasteiger partial charge in [-0.3, -0.25) is 14.9 Å². The van der Waals surface area contributed by atoms with Gasteiger partial charge in [0, 0.05) is 28.5 Å². The molecule has 9 nitrogen and oxygen atoms in total. The molecule has 0 unspecified atom stereocenters. The van der Waals surface area contributed by atoms with Gasteiger partial charge in [0.25, 0.3) is 11.6 Å². The second-order valence-electron chi connectivity index (χ2n) is 6.75. The van der Waals surface area contributed by atoms with E-state index in [0.717, 1.165) is 0 Å². The molecule has 1 aliphatic heterocycles. The highest BCUT2D eigenvalue weighted by atomic mass is 35.5. The minimum absolute atomic E-state index is 0.0714. The van der Waals surface area contributed by atoms with Crippen molar-refractivity contribution in [1.82, 2.24) is 14.8 Å². The van der Waals surface area contributed by atoms with Crippen LogP contribution in [0.15, 0.2) is 65.0 Å². The zero-order valence-corrected chi connectivity index (χ0v) is 18.1. The number of hydrogen-bond donors (Lipinski definition) is 2. The number of nitrogens with one attached hydrogen (secondary N) is 2. The Morgan fingerprint density at radius 2 is 2.03 bits per heavy atom. The van der Waals surface area contributed by atoms with Crippen molar-refractivity contribution in [3.05, 3.63) is 80.5 Å². The molecule has 0 spiro atoms. The molecule has 1 atom stereocenters. The summed E-state index contributed by atoms with van der Waals surface area (Å²) in [4.78, 5) is 28.6. The largest absolute Gasteiger partial charge is 0.328 e. The zero-order chi connectivity index (χ0) is 22.1. The standard InChI is InChI=1S/C20H17ClN6O3S/c1-11-16(18(28)23-14-8-6-13(21)7-9-14)17(12-4-3-5-15(10-12)27(29)30)26-19(22-11)24-20(25-26)31-2/h3-10,17H,1-2H3,(H,23,28)(H,22,24,25)/t17-/m1/s1. The Balaban J connectivity index is 1.80. The number of benzene rings is 2. The summed E-state index contributed by atoms with van der Waals surface area (Å²) < 4.78 is 1.58. The maximum atomic E-state index is 13.3. The number of nitro benzene ring substituents is 1. The van der Waals surface area contributed by atoms with Gasteiger partial charge in [-0.2, -0.15) is 4.98 Å². The van der Waals surface area contributed by atoms with Crippen molar-refractivity contribution in [3.63, 3.8) is 0 Å². The number of fused-ring (bicyclic) bond motifs is 1. The number of halogens is 1. The Hall–Kier alpha value is -3.37. The van der Waals surface area contributed by atoms with Crippen molar-refractivity contribution in [3.8, 4) is 0 Å². The van der Waals surface area contributed by atoms with Crippen LogP contribution >= 0.6 is 23.4 Å². The first-order valence-corrected chi connectivity index (χ1v) is 10.8. The van der Waals surface area contributed by atoms with Crippen LogP contribution in [0.3, 0.4) is 0 Å². The fourth-order valence-electron chi connectivity index (χ4n) is 3.36. The lowest BCUT2D eigenvalue weighted by Crippen LogP contribution is -2.31. The molecule has 1 aliphatic rings. The van der Waals surface area contributed by atoms with Gasteiger partial charge in [-0.15, -0.1) is 5.10 Å². The van der Waals surface area contributed by atoms with Crippen molar-refractivity contribution < 1.29 is 9.72 Å².